The molecule has 0 spiro atoms. The molecule has 2 rings (SSSR count). The summed E-state index contributed by atoms with van der Waals surface area (Å²) in [5.41, 5.74) is 0.374. The molecule has 0 bridgehead atoms. The lowest BCUT2D eigenvalue weighted by atomic mass is 10.2. The number of aromatic hydroxyl groups is 1. The number of hydrogen-bond acceptors (Lipinski definition) is 6. The minimum absolute atomic E-state index is 0.0868. The average molecular weight is 345 g/mol. The lowest BCUT2D eigenvalue weighted by molar-refractivity contribution is -0.123. The van der Waals surface area contributed by atoms with Crippen molar-refractivity contribution in [2.75, 3.05) is 19.5 Å². The monoisotopic (exact) mass is 345 g/mol. The van der Waals surface area contributed by atoms with Crippen LogP contribution >= 0.6 is 0 Å². The number of methoxy groups -OCH3 is 2. The van der Waals surface area contributed by atoms with Crippen molar-refractivity contribution in [2.45, 2.75) is 13.0 Å². The number of benzene rings is 2. The lowest BCUT2D eigenvalue weighted by Crippen LogP contribution is -2.30. The molecule has 25 heavy (non-hydrogen) atoms. The number of anilines is 1. The van der Waals surface area contributed by atoms with Crippen LogP contribution in [0.4, 0.5) is 5.69 Å². The molecule has 0 saturated heterocycles. The number of amides is 1. The smallest absolute Gasteiger partial charge is 0.342 e. The van der Waals surface area contributed by atoms with Gasteiger partial charge in [-0.3, -0.25) is 4.79 Å². The van der Waals surface area contributed by atoms with Crippen LogP contribution in [0.15, 0.2) is 42.5 Å². The molecule has 0 saturated carbocycles. The molecule has 1 unspecified atom stereocenters. The summed E-state index contributed by atoms with van der Waals surface area (Å²) in [6.07, 6.45) is -1.08. The number of phenolic OH excluding ortho intramolecular Hbond substituents is 1. The largest absolute Gasteiger partial charge is 0.507 e. The fourth-order valence-electron chi connectivity index (χ4n) is 2.07. The number of rotatable bonds is 6. The van der Waals surface area contributed by atoms with Crippen LogP contribution < -0.4 is 14.8 Å². The van der Waals surface area contributed by atoms with Crippen molar-refractivity contribution >= 4 is 17.6 Å². The Hall–Kier alpha value is -3.22. The molecule has 2 aromatic rings. The number of para-hydroxylation sites is 2. The summed E-state index contributed by atoms with van der Waals surface area (Å²) in [5.74, 6) is -0.752. The van der Waals surface area contributed by atoms with Gasteiger partial charge in [0.2, 0.25) is 0 Å². The molecule has 7 nitrogen and oxygen atoms in total. The van der Waals surface area contributed by atoms with E-state index in [1.807, 2.05) is 0 Å². The van der Waals surface area contributed by atoms with Crippen LogP contribution in [0.5, 0.6) is 17.2 Å². The molecule has 0 fully saturated rings. The third-order valence-electron chi connectivity index (χ3n) is 3.44. The van der Waals surface area contributed by atoms with E-state index in [9.17, 15) is 14.7 Å². The Labute approximate surface area is 145 Å². The molecule has 0 aliphatic rings. The van der Waals surface area contributed by atoms with Crippen LogP contribution in [0.25, 0.3) is 0 Å². The zero-order chi connectivity index (χ0) is 18.4. The van der Waals surface area contributed by atoms with Gasteiger partial charge >= 0.3 is 5.97 Å². The van der Waals surface area contributed by atoms with Gasteiger partial charge in [-0.1, -0.05) is 12.1 Å². The van der Waals surface area contributed by atoms with Crippen LogP contribution in [0.3, 0.4) is 0 Å². The van der Waals surface area contributed by atoms with Gasteiger partial charge in [0.05, 0.1) is 19.9 Å². The molecular weight excluding hydrogens is 326 g/mol. The number of carbonyl (C=O) groups is 2. The normalized spacial score (nSPS) is 11.3. The van der Waals surface area contributed by atoms with Crippen molar-refractivity contribution in [2.24, 2.45) is 0 Å². The zero-order valence-corrected chi connectivity index (χ0v) is 14.1. The van der Waals surface area contributed by atoms with Gasteiger partial charge in [-0.25, -0.2) is 4.79 Å². The first kappa shape index (κ1) is 18.1. The fourth-order valence-corrected chi connectivity index (χ4v) is 2.07. The van der Waals surface area contributed by atoms with Gasteiger partial charge in [0.15, 0.2) is 6.10 Å². The summed E-state index contributed by atoms with van der Waals surface area (Å²) in [7, 11) is 2.92. The molecule has 132 valence electrons. The van der Waals surface area contributed by atoms with E-state index in [2.05, 4.69) is 5.32 Å². The Kier molecular flexibility index (Phi) is 5.84. The Morgan fingerprint density at radius 2 is 1.80 bits per heavy atom. The predicted octanol–water partition coefficient (Wildman–Crippen LogP) is 2.59. The topological polar surface area (TPSA) is 94.1 Å². The quantitative estimate of drug-likeness (QED) is 0.782. The maximum Gasteiger partial charge on any atom is 0.342 e. The molecule has 0 heterocycles. The van der Waals surface area contributed by atoms with E-state index in [0.717, 1.165) is 0 Å². The third kappa shape index (κ3) is 4.41. The highest BCUT2D eigenvalue weighted by molar-refractivity contribution is 5.99. The standard InChI is InChI=1S/C18H19NO6/c1-11(17(21)19-14-6-4-5-7-16(14)24-3)25-18(22)13-10-12(23-2)8-9-15(13)20/h4-11,20H,1-3H3,(H,19,21). The summed E-state index contributed by atoms with van der Waals surface area (Å²) in [5, 5.41) is 12.4. The van der Waals surface area contributed by atoms with Crippen LogP contribution in [-0.4, -0.2) is 37.3 Å². The Morgan fingerprint density at radius 1 is 1.08 bits per heavy atom. The maximum absolute atomic E-state index is 12.2. The average Bonchev–Trinajstić information content (AvgIpc) is 2.62. The number of phenols is 1. The van der Waals surface area contributed by atoms with E-state index in [1.165, 1.54) is 39.3 Å². The van der Waals surface area contributed by atoms with Crippen molar-refractivity contribution in [3.63, 3.8) is 0 Å². The van der Waals surface area contributed by atoms with Crippen LogP contribution in [0.1, 0.15) is 17.3 Å². The van der Waals surface area contributed by atoms with Crippen molar-refractivity contribution in [1.82, 2.24) is 0 Å². The minimum atomic E-state index is -1.08. The molecule has 1 amide bonds. The predicted molar refractivity (Wildman–Crippen MR) is 91.2 cm³/mol. The first-order chi connectivity index (χ1) is 12.0. The van der Waals surface area contributed by atoms with Gasteiger partial charge in [0, 0.05) is 0 Å². The molecule has 0 aliphatic carbocycles. The number of esters is 1. The van der Waals surface area contributed by atoms with Gasteiger partial charge < -0.3 is 24.6 Å². The molecule has 1 atom stereocenters. The molecule has 0 radical (unpaired) electrons. The van der Waals surface area contributed by atoms with Crippen molar-refractivity contribution in [3.8, 4) is 17.2 Å². The Morgan fingerprint density at radius 3 is 2.48 bits per heavy atom. The van der Waals surface area contributed by atoms with Crippen molar-refractivity contribution in [1.29, 1.82) is 0 Å². The van der Waals surface area contributed by atoms with Gasteiger partial charge in [-0.15, -0.1) is 0 Å². The number of nitrogens with one attached hydrogen (secondary N) is 1. The summed E-state index contributed by atoms with van der Waals surface area (Å²) < 4.78 is 15.3. The second-order valence-corrected chi connectivity index (χ2v) is 5.12. The number of ether oxygens (including phenoxy) is 3. The Bertz CT molecular complexity index is 774. The summed E-state index contributed by atoms with van der Waals surface area (Å²) in [6.45, 7) is 1.43. The fraction of sp³-hybridized carbons (Fsp3) is 0.222. The first-order valence-electron chi connectivity index (χ1n) is 7.48. The molecule has 2 aromatic carbocycles. The molecule has 0 aliphatic heterocycles. The van der Waals surface area contributed by atoms with E-state index < -0.39 is 18.0 Å². The minimum Gasteiger partial charge on any atom is -0.507 e. The van der Waals surface area contributed by atoms with Crippen LogP contribution in [0, 0.1) is 0 Å². The Balaban J connectivity index is 2.07. The second kappa shape index (κ2) is 8.05. The summed E-state index contributed by atoms with van der Waals surface area (Å²) in [4.78, 5) is 24.4. The van der Waals surface area contributed by atoms with E-state index >= 15 is 0 Å². The highest BCUT2D eigenvalue weighted by atomic mass is 16.5. The van der Waals surface area contributed by atoms with Crippen molar-refractivity contribution in [3.05, 3.63) is 48.0 Å². The van der Waals surface area contributed by atoms with E-state index in [-0.39, 0.29) is 11.3 Å². The first-order valence-corrected chi connectivity index (χ1v) is 7.48. The number of carbonyl (C=O) groups excluding carboxylic acids is 2. The van der Waals surface area contributed by atoms with Crippen LogP contribution in [0.2, 0.25) is 0 Å². The lowest BCUT2D eigenvalue weighted by Gasteiger charge is -2.15. The number of hydrogen-bond donors (Lipinski definition) is 2. The van der Waals surface area contributed by atoms with Crippen molar-refractivity contribution < 1.29 is 28.9 Å². The van der Waals surface area contributed by atoms with Gasteiger partial charge in [0.1, 0.15) is 22.8 Å². The van der Waals surface area contributed by atoms with E-state index in [4.69, 9.17) is 14.2 Å². The molecule has 2 N–H and O–H groups in total. The molecule has 7 heteroatoms. The van der Waals surface area contributed by atoms with Gasteiger partial charge in [-0.05, 0) is 37.3 Å². The molecule has 0 aromatic heterocycles. The highest BCUT2D eigenvalue weighted by Gasteiger charge is 2.22. The summed E-state index contributed by atoms with van der Waals surface area (Å²) in [6, 6.07) is 11.0. The highest BCUT2D eigenvalue weighted by Crippen LogP contribution is 2.25. The maximum atomic E-state index is 12.2. The van der Waals surface area contributed by atoms with Crippen LogP contribution in [-0.2, 0) is 9.53 Å². The van der Waals surface area contributed by atoms with E-state index in [1.54, 1.807) is 24.3 Å². The zero-order valence-electron chi connectivity index (χ0n) is 14.1. The van der Waals surface area contributed by atoms with Gasteiger partial charge in [-0.2, -0.15) is 0 Å². The van der Waals surface area contributed by atoms with E-state index in [0.29, 0.717) is 17.2 Å². The molecular formula is C18H19NO6. The second-order valence-electron chi connectivity index (χ2n) is 5.12. The van der Waals surface area contributed by atoms with Gasteiger partial charge in [0.25, 0.3) is 5.91 Å². The SMILES string of the molecule is COc1ccc(O)c(C(=O)OC(C)C(=O)Nc2ccccc2OC)c1. The summed E-state index contributed by atoms with van der Waals surface area (Å²) >= 11 is 0. The third-order valence-corrected chi connectivity index (χ3v) is 3.44.